The molecule has 2 unspecified atom stereocenters. The smallest absolute Gasteiger partial charge is 0.295 e. The van der Waals surface area contributed by atoms with E-state index in [0.717, 1.165) is 5.69 Å². The fourth-order valence-corrected chi connectivity index (χ4v) is 3.28. The van der Waals surface area contributed by atoms with Crippen molar-refractivity contribution in [2.24, 2.45) is 5.92 Å². The average Bonchev–Trinajstić information content (AvgIpc) is 2.91. The molecule has 1 amide bonds. The van der Waals surface area contributed by atoms with E-state index in [1.165, 1.54) is 4.90 Å². The molecule has 3 rings (SSSR count). The zero-order valence-corrected chi connectivity index (χ0v) is 14.8. The standard InChI is InChI=1S/C19H23N3O3/c1-12-9-10-21(11-16(12)23)19(25)18(24)17-13(2)20-22(14(17)3)15-7-5-4-6-8-15/h4-8,12,16,23H,9-11H2,1-3H3. The predicted octanol–water partition coefficient (Wildman–Crippen LogP) is 1.90. The van der Waals surface area contributed by atoms with Crippen LogP contribution in [0.15, 0.2) is 30.3 Å². The lowest BCUT2D eigenvalue weighted by Crippen LogP contribution is -2.48. The first-order valence-corrected chi connectivity index (χ1v) is 8.53. The molecule has 2 heterocycles. The van der Waals surface area contributed by atoms with Crippen LogP contribution in [0.2, 0.25) is 0 Å². The quantitative estimate of drug-likeness (QED) is 0.683. The van der Waals surface area contributed by atoms with Gasteiger partial charge in [0.05, 0.1) is 28.7 Å². The fourth-order valence-electron chi connectivity index (χ4n) is 3.28. The highest BCUT2D eigenvalue weighted by Crippen LogP contribution is 2.21. The molecule has 1 aliphatic rings. The first-order valence-electron chi connectivity index (χ1n) is 8.53. The van der Waals surface area contributed by atoms with E-state index in [1.807, 2.05) is 37.3 Å². The molecule has 1 aromatic heterocycles. The molecule has 1 fully saturated rings. The summed E-state index contributed by atoms with van der Waals surface area (Å²) in [6.07, 6.45) is 0.112. The molecule has 6 nitrogen and oxygen atoms in total. The number of aliphatic hydroxyl groups excluding tert-OH is 1. The molecule has 1 aliphatic heterocycles. The number of para-hydroxylation sites is 1. The van der Waals surface area contributed by atoms with E-state index < -0.39 is 17.8 Å². The van der Waals surface area contributed by atoms with E-state index in [4.69, 9.17) is 0 Å². The number of rotatable bonds is 3. The Kier molecular flexibility index (Phi) is 4.72. The van der Waals surface area contributed by atoms with Gasteiger partial charge in [0.25, 0.3) is 11.7 Å². The Bertz CT molecular complexity index is 798. The van der Waals surface area contributed by atoms with Gasteiger partial charge in [0, 0.05) is 13.1 Å². The Morgan fingerprint density at radius 1 is 1.20 bits per heavy atom. The molecule has 0 aliphatic carbocycles. The van der Waals surface area contributed by atoms with Crippen LogP contribution in [0.3, 0.4) is 0 Å². The van der Waals surface area contributed by atoms with Gasteiger partial charge in [-0.25, -0.2) is 4.68 Å². The molecule has 0 saturated carbocycles. The number of carbonyl (C=O) groups excluding carboxylic acids is 2. The number of Topliss-reactive ketones (excluding diaryl/α,β-unsaturated/α-hetero) is 1. The van der Waals surface area contributed by atoms with E-state index in [0.29, 0.717) is 29.9 Å². The maximum atomic E-state index is 12.8. The monoisotopic (exact) mass is 341 g/mol. The van der Waals surface area contributed by atoms with Gasteiger partial charge >= 0.3 is 0 Å². The van der Waals surface area contributed by atoms with Crippen LogP contribution < -0.4 is 0 Å². The zero-order valence-electron chi connectivity index (χ0n) is 14.8. The summed E-state index contributed by atoms with van der Waals surface area (Å²) in [5, 5.41) is 14.4. The summed E-state index contributed by atoms with van der Waals surface area (Å²) in [6.45, 7) is 6.18. The highest BCUT2D eigenvalue weighted by molar-refractivity contribution is 6.43. The van der Waals surface area contributed by atoms with Gasteiger partial charge in [-0.3, -0.25) is 9.59 Å². The summed E-state index contributed by atoms with van der Waals surface area (Å²) >= 11 is 0. The molecule has 1 saturated heterocycles. The molecular weight excluding hydrogens is 318 g/mol. The largest absolute Gasteiger partial charge is 0.391 e. The zero-order chi connectivity index (χ0) is 18.1. The number of piperidine rings is 1. The molecule has 25 heavy (non-hydrogen) atoms. The fraction of sp³-hybridized carbons (Fsp3) is 0.421. The van der Waals surface area contributed by atoms with Gasteiger partial charge in [0.15, 0.2) is 0 Å². The molecule has 0 bridgehead atoms. The third kappa shape index (κ3) is 3.22. The van der Waals surface area contributed by atoms with Crippen LogP contribution >= 0.6 is 0 Å². The number of β-amino-alcohol motifs (C(OH)–C–C–N with tert-alkyl or cyclic N) is 1. The summed E-state index contributed by atoms with van der Waals surface area (Å²) in [7, 11) is 0. The number of hydrogen-bond donors (Lipinski definition) is 1. The number of aromatic nitrogens is 2. The maximum Gasteiger partial charge on any atom is 0.295 e. The maximum absolute atomic E-state index is 12.8. The van der Waals surface area contributed by atoms with Crippen molar-refractivity contribution in [3.05, 3.63) is 47.3 Å². The van der Waals surface area contributed by atoms with E-state index in [9.17, 15) is 14.7 Å². The molecule has 6 heteroatoms. The first-order chi connectivity index (χ1) is 11.9. The molecule has 2 aromatic rings. The van der Waals surface area contributed by atoms with E-state index in [2.05, 4.69) is 5.10 Å². The average molecular weight is 341 g/mol. The first kappa shape index (κ1) is 17.4. The van der Waals surface area contributed by atoms with Gasteiger partial charge in [-0.05, 0) is 38.3 Å². The van der Waals surface area contributed by atoms with E-state index >= 15 is 0 Å². The van der Waals surface area contributed by atoms with Crippen molar-refractivity contribution in [3.63, 3.8) is 0 Å². The summed E-state index contributed by atoms with van der Waals surface area (Å²) in [5.41, 5.74) is 2.37. The second kappa shape index (κ2) is 6.80. The third-order valence-electron chi connectivity index (χ3n) is 4.92. The van der Waals surface area contributed by atoms with Crippen LogP contribution in [-0.2, 0) is 4.79 Å². The summed E-state index contributed by atoms with van der Waals surface area (Å²) in [6, 6.07) is 9.51. The Labute approximate surface area is 147 Å². The third-order valence-corrected chi connectivity index (χ3v) is 4.92. The second-order valence-electron chi connectivity index (χ2n) is 6.71. The van der Waals surface area contributed by atoms with Crippen LogP contribution in [0, 0.1) is 19.8 Å². The van der Waals surface area contributed by atoms with Crippen molar-refractivity contribution in [3.8, 4) is 5.69 Å². The lowest BCUT2D eigenvalue weighted by atomic mass is 9.95. The number of carbonyl (C=O) groups is 2. The molecule has 132 valence electrons. The SMILES string of the molecule is Cc1nn(-c2ccccc2)c(C)c1C(=O)C(=O)N1CCC(C)C(O)C1. The Morgan fingerprint density at radius 2 is 1.88 bits per heavy atom. The minimum Gasteiger partial charge on any atom is -0.391 e. The molecule has 1 aromatic carbocycles. The van der Waals surface area contributed by atoms with Crippen LogP contribution in [0.25, 0.3) is 5.69 Å². The van der Waals surface area contributed by atoms with Gasteiger partial charge in [-0.15, -0.1) is 0 Å². The van der Waals surface area contributed by atoms with Gasteiger partial charge in [-0.1, -0.05) is 25.1 Å². The number of amides is 1. The minimum absolute atomic E-state index is 0.142. The molecular formula is C19H23N3O3. The van der Waals surface area contributed by atoms with Crippen molar-refractivity contribution in [2.45, 2.75) is 33.3 Å². The van der Waals surface area contributed by atoms with E-state index in [1.54, 1.807) is 18.5 Å². The van der Waals surface area contributed by atoms with Crippen LogP contribution in [0.5, 0.6) is 0 Å². The number of ketones is 1. The van der Waals surface area contributed by atoms with Crippen molar-refractivity contribution >= 4 is 11.7 Å². The Hall–Kier alpha value is -2.47. The van der Waals surface area contributed by atoms with Crippen LogP contribution in [0.1, 0.15) is 35.1 Å². The van der Waals surface area contributed by atoms with Gasteiger partial charge in [-0.2, -0.15) is 5.10 Å². The number of nitrogens with zero attached hydrogens (tertiary/aromatic N) is 3. The lowest BCUT2D eigenvalue weighted by Gasteiger charge is -2.33. The molecule has 1 N–H and O–H groups in total. The van der Waals surface area contributed by atoms with Crippen LogP contribution in [0.4, 0.5) is 0 Å². The molecule has 0 spiro atoms. The normalized spacial score (nSPS) is 20.6. The van der Waals surface area contributed by atoms with E-state index in [-0.39, 0.29) is 12.5 Å². The molecule has 2 atom stereocenters. The van der Waals surface area contributed by atoms with Crippen molar-refractivity contribution in [1.82, 2.24) is 14.7 Å². The van der Waals surface area contributed by atoms with Crippen molar-refractivity contribution < 1.29 is 14.7 Å². The predicted molar refractivity (Wildman–Crippen MR) is 93.7 cm³/mol. The number of aryl methyl sites for hydroxylation is 1. The number of aliphatic hydroxyl groups is 1. The summed E-state index contributed by atoms with van der Waals surface area (Å²) in [5.74, 6) is -0.979. The van der Waals surface area contributed by atoms with Gasteiger partial charge in [0.2, 0.25) is 0 Å². The van der Waals surface area contributed by atoms with Crippen LogP contribution in [-0.4, -0.2) is 50.7 Å². The highest BCUT2D eigenvalue weighted by Gasteiger charge is 2.33. The number of likely N-dealkylation sites (tertiary alicyclic amines) is 1. The minimum atomic E-state index is -0.584. The topological polar surface area (TPSA) is 75.4 Å². The van der Waals surface area contributed by atoms with Crippen molar-refractivity contribution in [1.29, 1.82) is 0 Å². The summed E-state index contributed by atoms with van der Waals surface area (Å²) < 4.78 is 1.68. The molecule has 0 radical (unpaired) electrons. The van der Waals surface area contributed by atoms with Gasteiger partial charge < -0.3 is 10.0 Å². The Morgan fingerprint density at radius 3 is 2.52 bits per heavy atom. The highest BCUT2D eigenvalue weighted by atomic mass is 16.3. The second-order valence-corrected chi connectivity index (χ2v) is 6.71. The van der Waals surface area contributed by atoms with Gasteiger partial charge in [0.1, 0.15) is 0 Å². The number of benzene rings is 1. The Balaban J connectivity index is 1.88. The number of hydrogen-bond acceptors (Lipinski definition) is 4. The summed E-state index contributed by atoms with van der Waals surface area (Å²) in [4.78, 5) is 26.9. The lowest BCUT2D eigenvalue weighted by molar-refractivity contribution is -0.130. The van der Waals surface area contributed by atoms with Crippen molar-refractivity contribution in [2.75, 3.05) is 13.1 Å².